The van der Waals surface area contributed by atoms with Gasteiger partial charge in [-0.1, -0.05) is 23.2 Å². The molecule has 8 nitrogen and oxygen atoms in total. The van der Waals surface area contributed by atoms with Gasteiger partial charge in [0.2, 0.25) is 5.91 Å². The second-order valence-corrected chi connectivity index (χ2v) is 8.41. The van der Waals surface area contributed by atoms with E-state index in [2.05, 4.69) is 5.32 Å². The summed E-state index contributed by atoms with van der Waals surface area (Å²) >= 11 is 11.9. The lowest BCUT2D eigenvalue weighted by Crippen LogP contribution is -2.47. The second-order valence-electron chi connectivity index (χ2n) is 7.54. The van der Waals surface area contributed by atoms with Crippen LogP contribution in [-0.2, 0) is 9.59 Å². The van der Waals surface area contributed by atoms with Gasteiger partial charge in [0.15, 0.2) is 6.61 Å². The lowest BCUT2D eigenvalue weighted by molar-refractivity contribution is -0.131. The number of hydrogen-bond acceptors (Lipinski definition) is 4. The fraction of sp³-hybridized carbons (Fsp3) is 0.318. The van der Waals surface area contributed by atoms with E-state index in [1.807, 2.05) is 0 Å². The Morgan fingerprint density at radius 2 is 1.62 bits per heavy atom. The van der Waals surface area contributed by atoms with Crippen LogP contribution in [0.15, 0.2) is 42.5 Å². The molecule has 0 atom stereocenters. The quantitative estimate of drug-likeness (QED) is 0.734. The van der Waals surface area contributed by atoms with E-state index in [0.29, 0.717) is 59.8 Å². The van der Waals surface area contributed by atoms with Gasteiger partial charge in [-0.15, -0.1) is 0 Å². The van der Waals surface area contributed by atoms with E-state index < -0.39 is 0 Å². The van der Waals surface area contributed by atoms with Crippen molar-refractivity contribution >= 4 is 52.4 Å². The highest BCUT2D eigenvalue weighted by molar-refractivity contribution is 6.31. The summed E-state index contributed by atoms with van der Waals surface area (Å²) in [6.07, 6.45) is 0.638. The van der Waals surface area contributed by atoms with Crippen LogP contribution in [0.5, 0.6) is 5.75 Å². The van der Waals surface area contributed by atoms with Crippen molar-refractivity contribution in [2.75, 3.05) is 49.5 Å². The van der Waals surface area contributed by atoms with Gasteiger partial charge < -0.3 is 19.9 Å². The van der Waals surface area contributed by atoms with Gasteiger partial charge in [-0.3, -0.25) is 14.5 Å². The summed E-state index contributed by atoms with van der Waals surface area (Å²) in [7, 11) is 0. The predicted octanol–water partition coefficient (Wildman–Crippen LogP) is 3.49. The van der Waals surface area contributed by atoms with E-state index in [-0.39, 0.29) is 31.0 Å². The van der Waals surface area contributed by atoms with E-state index in [1.165, 1.54) is 4.90 Å². The molecule has 2 heterocycles. The number of carbonyl (C=O) groups excluding carboxylic acids is 3. The lowest BCUT2D eigenvalue weighted by atomic mass is 10.2. The molecular weight excluding hydrogens is 455 g/mol. The summed E-state index contributed by atoms with van der Waals surface area (Å²) in [5, 5.41) is 3.89. The van der Waals surface area contributed by atoms with Gasteiger partial charge in [0.1, 0.15) is 12.3 Å². The second kappa shape index (κ2) is 9.67. The number of benzene rings is 2. The molecule has 0 bridgehead atoms. The zero-order valence-electron chi connectivity index (χ0n) is 17.2. The number of amides is 4. The Labute approximate surface area is 195 Å². The lowest BCUT2D eigenvalue weighted by Gasteiger charge is -2.31. The maximum absolute atomic E-state index is 13.0. The summed E-state index contributed by atoms with van der Waals surface area (Å²) < 4.78 is 5.43. The van der Waals surface area contributed by atoms with Crippen molar-refractivity contribution in [2.24, 2.45) is 0 Å². The molecule has 10 heteroatoms. The number of hydrogen-bond donors (Lipinski definition) is 1. The van der Waals surface area contributed by atoms with Crippen LogP contribution in [0.4, 0.5) is 16.2 Å². The van der Waals surface area contributed by atoms with Crippen molar-refractivity contribution in [3.63, 3.8) is 0 Å². The molecule has 4 amide bonds. The zero-order valence-corrected chi connectivity index (χ0v) is 18.7. The number of halogens is 2. The fourth-order valence-electron chi connectivity index (χ4n) is 3.69. The Bertz CT molecular complexity index is 1030. The van der Waals surface area contributed by atoms with E-state index >= 15 is 0 Å². The Hall–Kier alpha value is -2.97. The van der Waals surface area contributed by atoms with Crippen LogP contribution in [0.2, 0.25) is 10.0 Å². The Kier molecular flexibility index (Phi) is 6.72. The van der Waals surface area contributed by atoms with E-state index in [1.54, 1.807) is 52.3 Å². The molecule has 2 aromatic carbocycles. The minimum absolute atomic E-state index is 0.105. The normalized spacial score (nSPS) is 16.2. The van der Waals surface area contributed by atoms with Crippen molar-refractivity contribution < 1.29 is 19.1 Å². The van der Waals surface area contributed by atoms with Crippen LogP contribution in [0, 0.1) is 0 Å². The first-order valence-corrected chi connectivity index (χ1v) is 11.0. The largest absolute Gasteiger partial charge is 0.482 e. The van der Waals surface area contributed by atoms with Gasteiger partial charge in [-0.2, -0.15) is 0 Å². The van der Waals surface area contributed by atoms with Crippen LogP contribution >= 0.6 is 23.2 Å². The van der Waals surface area contributed by atoms with E-state index in [4.69, 9.17) is 27.9 Å². The highest BCUT2D eigenvalue weighted by Crippen LogP contribution is 2.34. The third-order valence-electron chi connectivity index (χ3n) is 5.39. The average Bonchev–Trinajstić information content (AvgIpc) is 3.04. The van der Waals surface area contributed by atoms with Crippen molar-refractivity contribution in [3.05, 3.63) is 52.5 Å². The molecule has 0 saturated carbocycles. The number of nitrogens with zero attached hydrogens (tertiary/aromatic N) is 3. The summed E-state index contributed by atoms with van der Waals surface area (Å²) in [5.74, 6) is 0.0285. The summed E-state index contributed by atoms with van der Waals surface area (Å²) in [6, 6.07) is 11.6. The summed E-state index contributed by atoms with van der Waals surface area (Å²) in [5.41, 5.74) is 1.14. The molecule has 0 aliphatic carbocycles. The van der Waals surface area contributed by atoms with Gasteiger partial charge in [-0.25, -0.2) is 4.79 Å². The molecule has 0 unspecified atom stereocenters. The van der Waals surface area contributed by atoms with Crippen LogP contribution in [0.3, 0.4) is 0 Å². The summed E-state index contributed by atoms with van der Waals surface area (Å²) in [4.78, 5) is 42.8. The number of fused-ring (bicyclic) bond motifs is 1. The van der Waals surface area contributed by atoms with Crippen LogP contribution in [-0.4, -0.2) is 67.0 Å². The van der Waals surface area contributed by atoms with Gasteiger partial charge in [0.25, 0.3) is 5.91 Å². The molecule has 2 aliphatic rings. The molecule has 1 fully saturated rings. The summed E-state index contributed by atoms with van der Waals surface area (Å²) in [6.45, 7) is 1.58. The zero-order chi connectivity index (χ0) is 22.7. The molecule has 32 heavy (non-hydrogen) atoms. The van der Waals surface area contributed by atoms with Crippen molar-refractivity contribution in [3.8, 4) is 5.75 Å². The van der Waals surface area contributed by atoms with Gasteiger partial charge >= 0.3 is 6.03 Å². The van der Waals surface area contributed by atoms with Gasteiger partial charge in [-0.05, 0) is 48.9 Å². The van der Waals surface area contributed by atoms with Gasteiger partial charge in [0, 0.05) is 41.9 Å². The first-order chi connectivity index (χ1) is 15.4. The fourth-order valence-corrected chi connectivity index (χ4v) is 3.98. The monoisotopic (exact) mass is 476 g/mol. The molecule has 0 spiro atoms. The maximum atomic E-state index is 13.0. The standard InChI is InChI=1S/C22H22Cl2N4O4/c23-15-2-5-17(6-3-15)25-22(31)27-9-1-8-26(10-11-27)20(29)13-28-18-12-16(24)4-7-19(18)32-14-21(28)30/h2-7,12H,1,8-11,13-14H2,(H,25,31). The van der Waals surface area contributed by atoms with E-state index in [9.17, 15) is 14.4 Å². The predicted molar refractivity (Wildman–Crippen MR) is 123 cm³/mol. The highest BCUT2D eigenvalue weighted by atomic mass is 35.5. The minimum Gasteiger partial charge on any atom is -0.482 e. The van der Waals surface area contributed by atoms with Crippen LogP contribution in [0.25, 0.3) is 0 Å². The number of ether oxygens (including phenoxy) is 1. The molecular formula is C22H22Cl2N4O4. The number of nitrogens with one attached hydrogen (secondary N) is 1. The van der Waals surface area contributed by atoms with Crippen LogP contribution < -0.4 is 15.0 Å². The number of anilines is 2. The van der Waals surface area contributed by atoms with E-state index in [0.717, 1.165) is 0 Å². The molecule has 168 valence electrons. The SMILES string of the molecule is O=C(CN1C(=O)COc2ccc(Cl)cc21)N1CCCN(C(=O)Nc2ccc(Cl)cc2)CC1. The minimum atomic E-state index is -0.299. The molecule has 0 aromatic heterocycles. The number of rotatable bonds is 3. The number of urea groups is 1. The molecule has 1 N–H and O–H groups in total. The first-order valence-electron chi connectivity index (χ1n) is 10.2. The van der Waals surface area contributed by atoms with Crippen molar-refractivity contribution in [1.82, 2.24) is 9.80 Å². The average molecular weight is 477 g/mol. The molecule has 2 aromatic rings. The topological polar surface area (TPSA) is 82.2 Å². The van der Waals surface area contributed by atoms with Crippen molar-refractivity contribution in [2.45, 2.75) is 6.42 Å². The molecule has 1 saturated heterocycles. The molecule has 4 rings (SSSR count). The van der Waals surface area contributed by atoms with Crippen LogP contribution in [0.1, 0.15) is 6.42 Å². The maximum Gasteiger partial charge on any atom is 0.321 e. The Morgan fingerprint density at radius 1 is 0.938 bits per heavy atom. The molecule has 2 aliphatic heterocycles. The third kappa shape index (κ3) is 5.08. The third-order valence-corrected chi connectivity index (χ3v) is 5.88. The first kappa shape index (κ1) is 22.2. The highest BCUT2D eigenvalue weighted by Gasteiger charge is 2.30. The smallest absolute Gasteiger partial charge is 0.321 e. The Balaban J connectivity index is 1.37. The number of carbonyl (C=O) groups is 3. The Morgan fingerprint density at radius 3 is 2.41 bits per heavy atom. The van der Waals surface area contributed by atoms with Gasteiger partial charge in [0.05, 0.1) is 5.69 Å². The molecule has 0 radical (unpaired) electrons. The van der Waals surface area contributed by atoms with Crippen molar-refractivity contribution in [1.29, 1.82) is 0 Å².